The zero-order valence-electron chi connectivity index (χ0n) is 12.3. The van der Waals surface area contributed by atoms with Crippen molar-refractivity contribution in [2.45, 2.75) is 38.6 Å². The quantitative estimate of drug-likeness (QED) is 0.843. The molecule has 21 heavy (non-hydrogen) atoms. The summed E-state index contributed by atoms with van der Waals surface area (Å²) in [5, 5.41) is 6.53. The maximum atomic E-state index is 12.0. The molecule has 2 N–H and O–H groups in total. The van der Waals surface area contributed by atoms with Crippen molar-refractivity contribution >= 4 is 23.2 Å². The number of fused-ring (bicyclic) bond motifs is 2. The smallest absolute Gasteiger partial charge is 0.257 e. The molecule has 0 spiro atoms. The number of hydrogen-bond donors (Lipinski definition) is 2. The van der Waals surface area contributed by atoms with Crippen LogP contribution in [-0.4, -0.2) is 17.1 Å². The number of thiocarbonyl (C=S) groups is 1. The number of hydrogen-bond acceptors (Lipinski definition) is 2. The van der Waals surface area contributed by atoms with Gasteiger partial charge in [-0.05, 0) is 68.3 Å². The van der Waals surface area contributed by atoms with Crippen molar-refractivity contribution < 1.29 is 4.79 Å². The molecule has 0 unspecified atom stereocenters. The van der Waals surface area contributed by atoms with Crippen LogP contribution in [0.5, 0.6) is 0 Å². The van der Waals surface area contributed by atoms with Gasteiger partial charge in [-0.3, -0.25) is 10.1 Å². The molecule has 112 valence electrons. The Morgan fingerprint density at radius 3 is 2.62 bits per heavy atom. The molecule has 4 heteroatoms. The highest BCUT2D eigenvalue weighted by atomic mass is 32.1. The Morgan fingerprint density at radius 1 is 1.24 bits per heavy atom. The Morgan fingerprint density at radius 2 is 2.00 bits per heavy atom. The summed E-state index contributed by atoms with van der Waals surface area (Å²) in [6, 6.07) is 9.51. The molecule has 0 saturated heterocycles. The maximum Gasteiger partial charge on any atom is 0.257 e. The molecule has 0 heterocycles. The molecular formula is C17H22N2OS. The summed E-state index contributed by atoms with van der Waals surface area (Å²) in [5.74, 6) is 2.34. The molecule has 1 aromatic carbocycles. The zero-order chi connectivity index (χ0) is 14.8. The van der Waals surface area contributed by atoms with E-state index in [-0.39, 0.29) is 5.91 Å². The normalized spacial score (nSPS) is 28.1. The monoisotopic (exact) mass is 302 g/mol. The first-order chi connectivity index (χ1) is 10.1. The zero-order valence-corrected chi connectivity index (χ0v) is 13.2. The second kappa shape index (κ2) is 6.14. The maximum absolute atomic E-state index is 12.0. The summed E-state index contributed by atoms with van der Waals surface area (Å²) in [6.07, 6.45) is 5.47. The summed E-state index contributed by atoms with van der Waals surface area (Å²) >= 11 is 5.28. The topological polar surface area (TPSA) is 41.1 Å². The average Bonchev–Trinajstić information content (AvgIpc) is 3.10. The van der Waals surface area contributed by atoms with Crippen LogP contribution in [0.1, 0.15) is 43.0 Å². The third-order valence-corrected chi connectivity index (χ3v) is 5.28. The molecule has 1 amide bonds. The van der Waals surface area contributed by atoms with E-state index in [9.17, 15) is 4.79 Å². The van der Waals surface area contributed by atoms with Gasteiger partial charge in [0, 0.05) is 11.6 Å². The summed E-state index contributed by atoms with van der Waals surface area (Å²) in [5.41, 5.74) is 0.634. The lowest BCUT2D eigenvalue weighted by Gasteiger charge is -2.29. The predicted molar refractivity (Wildman–Crippen MR) is 88.0 cm³/mol. The fourth-order valence-corrected chi connectivity index (χ4v) is 4.30. The van der Waals surface area contributed by atoms with Gasteiger partial charge in [0.25, 0.3) is 5.91 Å². The van der Waals surface area contributed by atoms with Gasteiger partial charge in [-0.2, -0.15) is 0 Å². The van der Waals surface area contributed by atoms with E-state index in [1.54, 1.807) is 12.1 Å². The number of carbonyl (C=O) groups excluding carboxylic acids is 1. The first-order valence-corrected chi connectivity index (χ1v) is 8.21. The Kier molecular flexibility index (Phi) is 4.24. The van der Waals surface area contributed by atoms with Gasteiger partial charge < -0.3 is 5.32 Å². The Balaban J connectivity index is 1.51. The SMILES string of the molecule is C[C@@H](NC(=S)NC(=O)c1ccccc1)[C@@H]1C[C@H]2CC[C@H]1C2. The Labute approximate surface area is 131 Å². The standard InChI is InChI=1S/C17H22N2OS/c1-11(15-10-12-7-8-14(15)9-12)18-17(21)19-16(20)13-5-3-2-4-6-13/h2-6,11-12,14-15H,7-10H2,1H3,(H2,18,19,20,21)/t11-,12+,14+,15+/m1/s1. The van der Waals surface area contributed by atoms with Crippen LogP contribution in [0.2, 0.25) is 0 Å². The van der Waals surface area contributed by atoms with Crippen LogP contribution in [0.3, 0.4) is 0 Å². The highest BCUT2D eigenvalue weighted by Crippen LogP contribution is 2.49. The number of benzene rings is 1. The molecule has 4 atom stereocenters. The van der Waals surface area contributed by atoms with E-state index >= 15 is 0 Å². The van der Waals surface area contributed by atoms with Gasteiger partial charge in [0.2, 0.25) is 0 Å². The molecule has 1 aromatic rings. The lowest BCUT2D eigenvalue weighted by molar-refractivity contribution is 0.0976. The molecule has 2 aliphatic rings. The van der Waals surface area contributed by atoms with Crippen molar-refractivity contribution in [1.82, 2.24) is 10.6 Å². The summed E-state index contributed by atoms with van der Waals surface area (Å²) < 4.78 is 0. The second-order valence-corrected chi connectivity index (χ2v) is 6.83. The first-order valence-electron chi connectivity index (χ1n) is 7.80. The second-order valence-electron chi connectivity index (χ2n) is 6.42. The van der Waals surface area contributed by atoms with Crippen LogP contribution in [0.25, 0.3) is 0 Å². The fraction of sp³-hybridized carbons (Fsp3) is 0.529. The van der Waals surface area contributed by atoms with Crippen molar-refractivity contribution in [3.63, 3.8) is 0 Å². The van der Waals surface area contributed by atoms with Crippen LogP contribution < -0.4 is 10.6 Å². The van der Waals surface area contributed by atoms with Gasteiger partial charge in [0.05, 0.1) is 0 Å². The fourth-order valence-electron chi connectivity index (χ4n) is 4.02. The summed E-state index contributed by atoms with van der Waals surface area (Å²) in [4.78, 5) is 12.0. The predicted octanol–water partition coefficient (Wildman–Crippen LogP) is 3.12. The Bertz CT molecular complexity index is 531. The van der Waals surface area contributed by atoms with E-state index in [1.165, 1.54) is 25.7 Å². The van der Waals surface area contributed by atoms with Gasteiger partial charge >= 0.3 is 0 Å². The summed E-state index contributed by atoms with van der Waals surface area (Å²) in [6.45, 7) is 2.19. The van der Waals surface area contributed by atoms with Crippen LogP contribution in [0, 0.1) is 17.8 Å². The highest BCUT2D eigenvalue weighted by Gasteiger charge is 2.41. The molecule has 2 fully saturated rings. The van der Waals surface area contributed by atoms with Crippen molar-refractivity contribution in [2.75, 3.05) is 0 Å². The lowest BCUT2D eigenvalue weighted by atomic mass is 9.84. The van der Waals surface area contributed by atoms with Gasteiger partial charge in [0.1, 0.15) is 0 Å². The van der Waals surface area contributed by atoms with Gasteiger partial charge in [-0.1, -0.05) is 24.6 Å². The molecule has 2 aliphatic carbocycles. The van der Waals surface area contributed by atoms with Gasteiger partial charge in [-0.15, -0.1) is 0 Å². The van der Waals surface area contributed by atoms with Crippen LogP contribution in [0.15, 0.2) is 30.3 Å². The van der Waals surface area contributed by atoms with Crippen LogP contribution >= 0.6 is 12.2 Å². The van der Waals surface area contributed by atoms with Gasteiger partial charge in [0.15, 0.2) is 5.11 Å². The van der Waals surface area contributed by atoms with Crippen molar-refractivity contribution in [3.8, 4) is 0 Å². The minimum absolute atomic E-state index is 0.145. The number of carbonyl (C=O) groups is 1. The van der Waals surface area contributed by atoms with E-state index in [2.05, 4.69) is 17.6 Å². The molecule has 0 aromatic heterocycles. The third kappa shape index (κ3) is 3.26. The number of rotatable bonds is 3. The summed E-state index contributed by atoms with van der Waals surface area (Å²) in [7, 11) is 0. The number of amides is 1. The first kappa shape index (κ1) is 14.5. The Hall–Kier alpha value is -1.42. The van der Waals surface area contributed by atoms with E-state index in [4.69, 9.17) is 12.2 Å². The minimum atomic E-state index is -0.145. The molecule has 0 radical (unpaired) electrons. The average molecular weight is 302 g/mol. The molecular weight excluding hydrogens is 280 g/mol. The molecule has 0 aliphatic heterocycles. The molecule has 3 nitrogen and oxygen atoms in total. The van der Waals surface area contributed by atoms with E-state index in [0.717, 1.165) is 11.8 Å². The van der Waals surface area contributed by atoms with Crippen molar-refractivity contribution in [1.29, 1.82) is 0 Å². The third-order valence-electron chi connectivity index (χ3n) is 5.06. The number of nitrogens with one attached hydrogen (secondary N) is 2. The lowest BCUT2D eigenvalue weighted by Crippen LogP contribution is -2.46. The van der Waals surface area contributed by atoms with Crippen molar-refractivity contribution in [3.05, 3.63) is 35.9 Å². The van der Waals surface area contributed by atoms with Crippen molar-refractivity contribution in [2.24, 2.45) is 17.8 Å². The van der Waals surface area contributed by atoms with Crippen LogP contribution in [-0.2, 0) is 0 Å². The van der Waals surface area contributed by atoms with E-state index in [0.29, 0.717) is 22.6 Å². The van der Waals surface area contributed by atoms with E-state index < -0.39 is 0 Å². The highest BCUT2D eigenvalue weighted by molar-refractivity contribution is 7.80. The molecule has 2 bridgehead atoms. The minimum Gasteiger partial charge on any atom is -0.360 e. The molecule has 3 rings (SSSR count). The van der Waals surface area contributed by atoms with E-state index in [1.807, 2.05) is 18.2 Å². The van der Waals surface area contributed by atoms with Gasteiger partial charge in [-0.25, -0.2) is 0 Å². The van der Waals surface area contributed by atoms with Crippen LogP contribution in [0.4, 0.5) is 0 Å². The molecule has 2 saturated carbocycles. The largest absolute Gasteiger partial charge is 0.360 e.